The summed E-state index contributed by atoms with van der Waals surface area (Å²) >= 11 is 1.65. The topological polar surface area (TPSA) is 42.1 Å². The molecule has 88 valence electrons. The Morgan fingerprint density at radius 3 is 3.18 bits per heavy atom. The van der Waals surface area contributed by atoms with Crippen LogP contribution in [0.15, 0.2) is 29.1 Å². The maximum Gasteiger partial charge on any atom is 0.0795 e. The molecule has 0 atom stereocenters. The molecule has 17 heavy (non-hydrogen) atoms. The van der Waals surface area contributed by atoms with Gasteiger partial charge in [0.05, 0.1) is 11.2 Å². The molecule has 2 aromatic rings. The molecule has 2 N–H and O–H groups in total. The highest BCUT2D eigenvalue weighted by Gasteiger charge is 2.18. The maximum absolute atomic E-state index is 6.04. The minimum Gasteiger partial charge on any atom is -0.398 e. The molecule has 0 aliphatic carbocycles. The minimum atomic E-state index is 0.922. The predicted octanol–water partition coefficient (Wildman–Crippen LogP) is 2.28. The second-order valence-electron chi connectivity index (χ2n) is 4.43. The smallest absolute Gasteiger partial charge is 0.0795 e. The van der Waals surface area contributed by atoms with Gasteiger partial charge in [-0.25, -0.2) is 4.98 Å². The molecular weight excluding hydrogens is 230 g/mol. The van der Waals surface area contributed by atoms with Gasteiger partial charge in [-0.05, 0) is 23.6 Å². The van der Waals surface area contributed by atoms with E-state index in [1.165, 1.54) is 11.1 Å². The highest BCUT2D eigenvalue weighted by molar-refractivity contribution is 7.07. The van der Waals surface area contributed by atoms with Gasteiger partial charge >= 0.3 is 0 Å². The van der Waals surface area contributed by atoms with Crippen LogP contribution in [0.1, 0.15) is 16.8 Å². The van der Waals surface area contributed by atoms with Crippen molar-refractivity contribution in [3.8, 4) is 0 Å². The first-order valence-electron chi connectivity index (χ1n) is 5.78. The molecule has 2 heterocycles. The Balaban J connectivity index is 1.78. The fraction of sp³-hybridized carbons (Fsp3) is 0.308. The molecule has 1 aliphatic rings. The van der Waals surface area contributed by atoms with Crippen molar-refractivity contribution >= 4 is 17.0 Å². The average molecular weight is 245 g/mol. The van der Waals surface area contributed by atoms with E-state index in [0.717, 1.165) is 37.4 Å². The van der Waals surface area contributed by atoms with Crippen molar-refractivity contribution in [1.82, 2.24) is 9.88 Å². The van der Waals surface area contributed by atoms with E-state index in [4.69, 9.17) is 5.73 Å². The maximum atomic E-state index is 6.04. The Kier molecular flexibility index (Phi) is 2.82. The summed E-state index contributed by atoms with van der Waals surface area (Å²) in [6.45, 7) is 2.96. The predicted molar refractivity (Wildman–Crippen MR) is 70.8 cm³/mol. The molecule has 3 rings (SSSR count). The highest BCUT2D eigenvalue weighted by Crippen LogP contribution is 2.25. The number of nitrogen functional groups attached to an aromatic ring is 1. The van der Waals surface area contributed by atoms with Crippen LogP contribution in [0.2, 0.25) is 0 Å². The summed E-state index contributed by atoms with van der Waals surface area (Å²) in [6.07, 6.45) is 1.09. The van der Waals surface area contributed by atoms with Gasteiger partial charge in [-0.3, -0.25) is 4.90 Å². The van der Waals surface area contributed by atoms with Gasteiger partial charge in [0, 0.05) is 30.7 Å². The molecule has 4 heteroatoms. The normalized spacial score (nSPS) is 15.8. The quantitative estimate of drug-likeness (QED) is 0.825. The van der Waals surface area contributed by atoms with E-state index in [9.17, 15) is 0 Å². The molecule has 3 nitrogen and oxygen atoms in total. The van der Waals surface area contributed by atoms with Crippen LogP contribution >= 0.6 is 11.3 Å². The van der Waals surface area contributed by atoms with Crippen LogP contribution in [-0.4, -0.2) is 16.4 Å². The van der Waals surface area contributed by atoms with E-state index in [1.54, 1.807) is 11.3 Å². The Morgan fingerprint density at radius 1 is 1.41 bits per heavy atom. The van der Waals surface area contributed by atoms with Gasteiger partial charge in [0.2, 0.25) is 0 Å². The molecule has 1 aromatic carbocycles. The third-order valence-electron chi connectivity index (χ3n) is 3.26. The number of nitrogens with two attached hydrogens (primary N) is 1. The van der Waals surface area contributed by atoms with Crippen LogP contribution in [0.3, 0.4) is 0 Å². The van der Waals surface area contributed by atoms with Gasteiger partial charge in [0.1, 0.15) is 0 Å². The van der Waals surface area contributed by atoms with E-state index in [0.29, 0.717) is 0 Å². The standard InChI is InChI=1S/C13H15N3S/c14-13-3-1-2-10-4-5-16(7-12(10)13)6-11-8-17-9-15-11/h1-3,8-9H,4-7,14H2. The zero-order chi connectivity index (χ0) is 11.7. The zero-order valence-electron chi connectivity index (χ0n) is 9.60. The van der Waals surface area contributed by atoms with E-state index in [1.807, 2.05) is 17.6 Å². The number of nitrogens with zero attached hydrogens (tertiary/aromatic N) is 2. The first-order valence-corrected chi connectivity index (χ1v) is 6.73. The molecule has 1 aromatic heterocycles. The summed E-state index contributed by atoms with van der Waals surface area (Å²) in [5.41, 5.74) is 12.7. The molecule has 0 spiro atoms. The minimum absolute atomic E-state index is 0.922. The lowest BCUT2D eigenvalue weighted by atomic mass is 9.98. The molecule has 0 bridgehead atoms. The zero-order valence-corrected chi connectivity index (χ0v) is 10.4. The Hall–Kier alpha value is -1.39. The third kappa shape index (κ3) is 2.18. The first-order chi connectivity index (χ1) is 8.33. The molecular formula is C13H15N3S. The van der Waals surface area contributed by atoms with Crippen molar-refractivity contribution in [2.75, 3.05) is 12.3 Å². The summed E-state index contributed by atoms with van der Waals surface area (Å²) in [4.78, 5) is 6.74. The number of hydrogen-bond acceptors (Lipinski definition) is 4. The number of thiazole rings is 1. The summed E-state index contributed by atoms with van der Waals surface area (Å²) in [5.74, 6) is 0. The monoisotopic (exact) mass is 245 g/mol. The Labute approximate surface area is 105 Å². The van der Waals surface area contributed by atoms with Gasteiger partial charge in [-0.2, -0.15) is 0 Å². The summed E-state index contributed by atoms with van der Waals surface area (Å²) in [7, 11) is 0. The lowest BCUT2D eigenvalue weighted by Crippen LogP contribution is -2.30. The van der Waals surface area contributed by atoms with Crippen molar-refractivity contribution < 1.29 is 0 Å². The summed E-state index contributed by atoms with van der Waals surface area (Å²) in [6, 6.07) is 6.22. The number of aromatic nitrogens is 1. The van der Waals surface area contributed by atoms with E-state index in [-0.39, 0.29) is 0 Å². The van der Waals surface area contributed by atoms with Crippen molar-refractivity contribution in [2.45, 2.75) is 19.5 Å². The van der Waals surface area contributed by atoms with Gasteiger partial charge < -0.3 is 5.73 Å². The Morgan fingerprint density at radius 2 is 2.35 bits per heavy atom. The molecule has 0 fully saturated rings. The van der Waals surface area contributed by atoms with Crippen LogP contribution in [0.5, 0.6) is 0 Å². The van der Waals surface area contributed by atoms with Gasteiger partial charge in [0.25, 0.3) is 0 Å². The first kappa shape index (κ1) is 10.7. The van der Waals surface area contributed by atoms with Crippen molar-refractivity contribution in [2.24, 2.45) is 0 Å². The summed E-state index contributed by atoms with van der Waals surface area (Å²) in [5, 5.41) is 2.11. The molecule has 0 radical (unpaired) electrons. The van der Waals surface area contributed by atoms with Crippen LogP contribution in [0.4, 0.5) is 5.69 Å². The van der Waals surface area contributed by atoms with Crippen molar-refractivity contribution in [3.63, 3.8) is 0 Å². The molecule has 1 aliphatic heterocycles. The molecule has 0 amide bonds. The van der Waals surface area contributed by atoms with Crippen molar-refractivity contribution in [3.05, 3.63) is 45.9 Å². The van der Waals surface area contributed by atoms with Gasteiger partial charge in [-0.15, -0.1) is 11.3 Å². The molecule has 0 saturated carbocycles. The van der Waals surface area contributed by atoms with Crippen LogP contribution < -0.4 is 5.73 Å². The summed E-state index contributed by atoms with van der Waals surface area (Å²) < 4.78 is 0. The number of anilines is 1. The average Bonchev–Trinajstić information content (AvgIpc) is 2.83. The number of fused-ring (bicyclic) bond motifs is 1. The fourth-order valence-corrected chi connectivity index (χ4v) is 2.89. The van der Waals surface area contributed by atoms with Gasteiger partial charge in [0.15, 0.2) is 0 Å². The Bertz CT molecular complexity index is 507. The van der Waals surface area contributed by atoms with E-state index < -0.39 is 0 Å². The highest BCUT2D eigenvalue weighted by atomic mass is 32.1. The van der Waals surface area contributed by atoms with Crippen LogP contribution in [-0.2, 0) is 19.5 Å². The second kappa shape index (κ2) is 4.47. The molecule has 0 saturated heterocycles. The number of benzene rings is 1. The molecule has 0 unspecified atom stereocenters. The SMILES string of the molecule is Nc1cccc2c1CN(Cc1cscn1)CC2. The second-order valence-corrected chi connectivity index (χ2v) is 5.14. The fourth-order valence-electron chi connectivity index (χ4n) is 2.34. The number of rotatable bonds is 2. The lowest BCUT2D eigenvalue weighted by molar-refractivity contribution is 0.244. The largest absolute Gasteiger partial charge is 0.398 e. The van der Waals surface area contributed by atoms with E-state index >= 15 is 0 Å². The lowest BCUT2D eigenvalue weighted by Gasteiger charge is -2.28. The van der Waals surface area contributed by atoms with Crippen LogP contribution in [0, 0.1) is 0 Å². The van der Waals surface area contributed by atoms with E-state index in [2.05, 4.69) is 21.3 Å². The van der Waals surface area contributed by atoms with Crippen LogP contribution in [0.25, 0.3) is 0 Å². The van der Waals surface area contributed by atoms with Crippen molar-refractivity contribution in [1.29, 1.82) is 0 Å². The number of hydrogen-bond donors (Lipinski definition) is 1. The van der Waals surface area contributed by atoms with Gasteiger partial charge in [-0.1, -0.05) is 12.1 Å². The third-order valence-corrected chi connectivity index (χ3v) is 3.89.